The van der Waals surface area contributed by atoms with Crippen molar-refractivity contribution in [2.45, 2.75) is 6.04 Å². The van der Waals surface area contributed by atoms with Gasteiger partial charge in [0.1, 0.15) is 5.75 Å². The summed E-state index contributed by atoms with van der Waals surface area (Å²) in [6, 6.07) is 5.89. The third-order valence-electron chi connectivity index (χ3n) is 2.07. The van der Waals surface area contributed by atoms with Crippen LogP contribution in [0.3, 0.4) is 0 Å². The smallest absolute Gasteiger partial charge is 0.120 e. The van der Waals surface area contributed by atoms with Crippen LogP contribution in [0.25, 0.3) is 6.08 Å². The molecule has 0 aromatic heterocycles. The normalized spacial score (nSPS) is 20.5. The topological polar surface area (TPSA) is 42.2 Å². The van der Waals surface area contributed by atoms with E-state index >= 15 is 0 Å². The zero-order valence-corrected chi connectivity index (χ0v) is 6.75. The van der Waals surface area contributed by atoms with Gasteiger partial charge in [-0.1, -0.05) is 18.7 Å². The molecule has 2 N–H and O–H groups in total. The number of phenols is 1. The van der Waals surface area contributed by atoms with Crippen LogP contribution in [0.2, 0.25) is 0 Å². The minimum Gasteiger partial charge on any atom is -0.508 e. The van der Waals surface area contributed by atoms with Crippen molar-refractivity contribution in [1.82, 2.24) is 5.32 Å². The largest absolute Gasteiger partial charge is 0.508 e. The van der Waals surface area contributed by atoms with E-state index in [0.717, 1.165) is 17.7 Å². The lowest BCUT2D eigenvalue weighted by Crippen LogP contribution is -1.86. The first-order valence-corrected chi connectivity index (χ1v) is 4.00. The minimum absolute atomic E-state index is 0.352. The average molecular weight is 161 g/mol. The molecule has 62 valence electrons. The lowest BCUT2D eigenvalue weighted by atomic mass is 10.1. The summed E-state index contributed by atoms with van der Waals surface area (Å²) in [5.41, 5.74) is 2.03. The molecule has 12 heavy (non-hydrogen) atoms. The Bertz CT molecular complexity index is 316. The van der Waals surface area contributed by atoms with Gasteiger partial charge in [0, 0.05) is 18.2 Å². The Morgan fingerprint density at radius 1 is 1.58 bits per heavy atom. The highest BCUT2D eigenvalue weighted by Gasteiger charge is 2.24. The van der Waals surface area contributed by atoms with Gasteiger partial charge in [-0.2, -0.15) is 0 Å². The van der Waals surface area contributed by atoms with Gasteiger partial charge in [-0.05, 0) is 17.7 Å². The van der Waals surface area contributed by atoms with Crippen LogP contribution >= 0.6 is 0 Å². The molecular weight excluding hydrogens is 150 g/mol. The molecule has 0 spiro atoms. The Kier molecular flexibility index (Phi) is 1.62. The van der Waals surface area contributed by atoms with Crippen LogP contribution < -0.4 is 5.32 Å². The van der Waals surface area contributed by atoms with Crippen molar-refractivity contribution in [2.24, 2.45) is 0 Å². The molecule has 1 aliphatic rings. The Balaban J connectivity index is 2.42. The van der Waals surface area contributed by atoms with E-state index in [-0.39, 0.29) is 0 Å². The van der Waals surface area contributed by atoms with E-state index in [1.54, 1.807) is 12.1 Å². The van der Waals surface area contributed by atoms with Crippen LogP contribution in [0, 0.1) is 0 Å². The average Bonchev–Trinajstić information content (AvgIpc) is 2.88. The third-order valence-corrected chi connectivity index (χ3v) is 2.07. The van der Waals surface area contributed by atoms with Crippen LogP contribution in [-0.2, 0) is 0 Å². The summed E-state index contributed by atoms with van der Waals surface area (Å²) < 4.78 is 0. The van der Waals surface area contributed by atoms with Crippen LogP contribution in [0.5, 0.6) is 5.75 Å². The Hall–Kier alpha value is -1.28. The van der Waals surface area contributed by atoms with E-state index in [1.807, 2.05) is 12.1 Å². The summed E-state index contributed by atoms with van der Waals surface area (Å²) in [5.74, 6) is 0.371. The van der Waals surface area contributed by atoms with Gasteiger partial charge in [0.25, 0.3) is 0 Å². The van der Waals surface area contributed by atoms with Crippen molar-refractivity contribution < 1.29 is 5.11 Å². The molecule has 1 aromatic rings. The zero-order valence-electron chi connectivity index (χ0n) is 6.75. The maximum absolute atomic E-state index is 9.47. The SMILES string of the molecule is C=Cc1ccc(O)c([C@H]2CN2)c1. The molecule has 1 aliphatic heterocycles. The second kappa shape index (κ2) is 2.64. The number of phenolic OH excluding ortho intramolecular Hbond substituents is 1. The van der Waals surface area contributed by atoms with E-state index in [9.17, 15) is 5.11 Å². The molecule has 0 bridgehead atoms. The predicted molar refractivity (Wildman–Crippen MR) is 48.9 cm³/mol. The first kappa shape index (κ1) is 7.37. The zero-order chi connectivity index (χ0) is 8.55. The van der Waals surface area contributed by atoms with Gasteiger partial charge < -0.3 is 10.4 Å². The van der Waals surface area contributed by atoms with Crippen molar-refractivity contribution >= 4 is 6.08 Å². The molecule has 0 amide bonds. The fourth-order valence-corrected chi connectivity index (χ4v) is 1.26. The monoisotopic (exact) mass is 161 g/mol. The highest BCUT2D eigenvalue weighted by molar-refractivity contribution is 5.52. The molecule has 0 aliphatic carbocycles. The molecule has 0 unspecified atom stereocenters. The lowest BCUT2D eigenvalue weighted by molar-refractivity contribution is 0.468. The van der Waals surface area contributed by atoms with Gasteiger partial charge in [-0.3, -0.25) is 0 Å². The molecular formula is C10H11NO. The summed E-state index contributed by atoms with van der Waals surface area (Å²) in [7, 11) is 0. The molecule has 1 aromatic carbocycles. The van der Waals surface area contributed by atoms with Gasteiger partial charge in [-0.25, -0.2) is 0 Å². The van der Waals surface area contributed by atoms with Crippen molar-refractivity contribution in [2.75, 3.05) is 6.54 Å². The fraction of sp³-hybridized carbons (Fsp3) is 0.200. The number of aromatic hydroxyl groups is 1. The van der Waals surface area contributed by atoms with Crippen molar-refractivity contribution in [3.05, 3.63) is 35.9 Å². The Morgan fingerprint density at radius 3 is 2.92 bits per heavy atom. The molecule has 2 rings (SSSR count). The number of hydrogen-bond donors (Lipinski definition) is 2. The summed E-state index contributed by atoms with van der Waals surface area (Å²) >= 11 is 0. The molecule has 1 saturated heterocycles. The van der Waals surface area contributed by atoms with Gasteiger partial charge in [0.2, 0.25) is 0 Å². The van der Waals surface area contributed by atoms with Crippen LogP contribution in [0.4, 0.5) is 0 Å². The first-order valence-electron chi connectivity index (χ1n) is 4.00. The summed E-state index contributed by atoms with van der Waals surface area (Å²) in [5, 5.41) is 12.6. The molecule has 0 saturated carbocycles. The molecule has 1 atom stereocenters. The van der Waals surface area contributed by atoms with Crippen LogP contribution in [-0.4, -0.2) is 11.7 Å². The second-order valence-electron chi connectivity index (χ2n) is 2.98. The summed E-state index contributed by atoms with van der Waals surface area (Å²) in [4.78, 5) is 0. The standard InChI is InChI=1S/C10H11NO/c1-2-7-3-4-10(12)8(5-7)9-6-11-9/h2-5,9,11-12H,1,6H2/t9-/m1/s1. The quantitative estimate of drug-likeness (QED) is 0.648. The van der Waals surface area contributed by atoms with E-state index in [0.29, 0.717) is 11.8 Å². The maximum atomic E-state index is 9.47. The van der Waals surface area contributed by atoms with E-state index < -0.39 is 0 Å². The molecule has 2 heteroatoms. The predicted octanol–water partition coefficient (Wildman–Crippen LogP) is 1.68. The number of benzene rings is 1. The van der Waals surface area contributed by atoms with E-state index in [2.05, 4.69) is 11.9 Å². The number of hydrogen-bond acceptors (Lipinski definition) is 2. The van der Waals surface area contributed by atoms with Crippen LogP contribution in [0.15, 0.2) is 24.8 Å². The summed E-state index contributed by atoms with van der Waals surface area (Å²) in [6.07, 6.45) is 1.78. The van der Waals surface area contributed by atoms with Crippen molar-refractivity contribution in [3.8, 4) is 5.75 Å². The molecule has 2 nitrogen and oxygen atoms in total. The lowest BCUT2D eigenvalue weighted by Gasteiger charge is -2.02. The number of nitrogens with one attached hydrogen (secondary N) is 1. The minimum atomic E-state index is 0.352. The van der Waals surface area contributed by atoms with Gasteiger partial charge in [0.15, 0.2) is 0 Å². The van der Waals surface area contributed by atoms with E-state index in [4.69, 9.17) is 0 Å². The molecule has 1 heterocycles. The van der Waals surface area contributed by atoms with Crippen molar-refractivity contribution in [1.29, 1.82) is 0 Å². The first-order chi connectivity index (χ1) is 5.81. The van der Waals surface area contributed by atoms with Gasteiger partial charge in [0.05, 0.1) is 0 Å². The molecule has 1 fully saturated rings. The highest BCUT2D eigenvalue weighted by Crippen LogP contribution is 2.30. The van der Waals surface area contributed by atoms with Gasteiger partial charge in [-0.15, -0.1) is 0 Å². The Morgan fingerprint density at radius 2 is 2.33 bits per heavy atom. The third kappa shape index (κ3) is 1.21. The highest BCUT2D eigenvalue weighted by atomic mass is 16.3. The second-order valence-corrected chi connectivity index (χ2v) is 2.98. The van der Waals surface area contributed by atoms with Crippen LogP contribution in [0.1, 0.15) is 17.2 Å². The summed E-state index contributed by atoms with van der Waals surface area (Å²) in [6.45, 7) is 4.65. The van der Waals surface area contributed by atoms with Gasteiger partial charge >= 0.3 is 0 Å². The van der Waals surface area contributed by atoms with Crippen molar-refractivity contribution in [3.63, 3.8) is 0 Å². The Labute approximate surface area is 71.5 Å². The molecule has 0 radical (unpaired) electrons. The maximum Gasteiger partial charge on any atom is 0.120 e. The fourth-order valence-electron chi connectivity index (χ4n) is 1.26. The number of rotatable bonds is 2. The van der Waals surface area contributed by atoms with E-state index in [1.165, 1.54) is 0 Å².